The molecule has 0 saturated heterocycles. The lowest BCUT2D eigenvalue weighted by molar-refractivity contribution is -0.137. The van der Waals surface area contributed by atoms with Gasteiger partial charge in [0.25, 0.3) is 5.91 Å². The van der Waals surface area contributed by atoms with Gasteiger partial charge in [0.1, 0.15) is 0 Å². The van der Waals surface area contributed by atoms with E-state index in [1.54, 1.807) is 15.9 Å². The fourth-order valence-electron chi connectivity index (χ4n) is 3.89. The minimum absolute atomic E-state index is 0.0799. The highest BCUT2D eigenvalue weighted by Crippen LogP contribution is 2.28. The molecule has 0 aromatic carbocycles. The van der Waals surface area contributed by atoms with Gasteiger partial charge in [0.2, 0.25) is 5.91 Å². The second kappa shape index (κ2) is 6.59. The van der Waals surface area contributed by atoms with Crippen LogP contribution in [0.1, 0.15) is 30.4 Å². The minimum Gasteiger partial charge on any atom is -0.348 e. The molecule has 2 atom stereocenters. The van der Waals surface area contributed by atoms with Crippen LogP contribution in [0, 0.1) is 5.92 Å². The summed E-state index contributed by atoms with van der Waals surface area (Å²) in [5.41, 5.74) is 2.79. The van der Waals surface area contributed by atoms with Crippen LogP contribution in [0.5, 0.6) is 0 Å². The second-order valence-corrected chi connectivity index (χ2v) is 9.35. The van der Waals surface area contributed by atoms with Crippen molar-refractivity contribution in [2.24, 2.45) is 10.3 Å². The molecular weight excluding hydrogens is 368 g/mol. The number of aryl methyl sites for hydroxylation is 1. The third kappa shape index (κ3) is 3.29. The lowest BCUT2D eigenvalue weighted by Gasteiger charge is -2.32. The zero-order valence-electron chi connectivity index (χ0n) is 15.3. The number of aromatic nitrogens is 4. The van der Waals surface area contributed by atoms with Crippen molar-refractivity contribution >= 4 is 21.5 Å². The maximum Gasteiger partial charge on any atom is 0.250 e. The van der Waals surface area contributed by atoms with E-state index in [0.29, 0.717) is 36.6 Å². The van der Waals surface area contributed by atoms with E-state index in [2.05, 4.69) is 19.4 Å². The molecule has 144 valence electrons. The summed E-state index contributed by atoms with van der Waals surface area (Å²) in [6, 6.07) is 0. The molecule has 1 N–H and O–H groups in total. The number of fused-ring (bicyclic) bond motifs is 2. The molecule has 2 amide bonds. The summed E-state index contributed by atoms with van der Waals surface area (Å²) < 4.78 is 18.4. The predicted molar refractivity (Wildman–Crippen MR) is 97.2 cm³/mol. The first-order valence-electron chi connectivity index (χ1n) is 8.92. The minimum atomic E-state index is -2.87. The molecule has 1 aliphatic carbocycles. The Hall–Kier alpha value is -2.49. The van der Waals surface area contributed by atoms with Crippen molar-refractivity contribution in [1.82, 2.24) is 24.6 Å². The fraction of sp³-hybridized carbons (Fsp3) is 0.529. The van der Waals surface area contributed by atoms with E-state index in [-0.39, 0.29) is 11.8 Å². The van der Waals surface area contributed by atoms with Crippen molar-refractivity contribution < 1.29 is 13.8 Å². The Morgan fingerprint density at radius 3 is 2.96 bits per heavy atom. The molecule has 2 aromatic heterocycles. The van der Waals surface area contributed by atoms with Crippen molar-refractivity contribution in [3.63, 3.8) is 0 Å². The third-order valence-corrected chi connectivity index (χ3v) is 6.95. The molecule has 2 aliphatic rings. The van der Waals surface area contributed by atoms with Gasteiger partial charge in [-0.2, -0.15) is 9.46 Å². The number of nitrogens with one attached hydrogen (secondary N) is 1. The first kappa shape index (κ1) is 17.9. The standard InChI is InChI=1S/C17H22N6O3S/c1-11(24)21-27(2,26)16-8-20-23-6-5-22(9-15(16)23)17(25)12-3-4-13-14(7-12)19-10-18-13/h8,10,12H,3-7,9H2,1-2H3,(H,18,19). The number of nitrogens with zero attached hydrogens (tertiary/aromatic N) is 5. The summed E-state index contributed by atoms with van der Waals surface area (Å²) in [6.45, 7) is 2.72. The van der Waals surface area contributed by atoms with Gasteiger partial charge in [0, 0.05) is 37.8 Å². The normalized spacial score (nSPS) is 21.1. The number of H-pyrrole nitrogens is 1. The van der Waals surface area contributed by atoms with Crippen LogP contribution in [0.2, 0.25) is 0 Å². The van der Waals surface area contributed by atoms with Gasteiger partial charge < -0.3 is 9.88 Å². The van der Waals surface area contributed by atoms with E-state index < -0.39 is 15.6 Å². The van der Waals surface area contributed by atoms with E-state index in [9.17, 15) is 13.8 Å². The molecule has 3 heterocycles. The maximum absolute atomic E-state index is 13.1. The van der Waals surface area contributed by atoms with Crippen LogP contribution in [0.15, 0.2) is 21.8 Å². The van der Waals surface area contributed by atoms with Crippen LogP contribution < -0.4 is 0 Å². The molecule has 0 radical (unpaired) electrons. The predicted octanol–water partition coefficient (Wildman–Crippen LogP) is 0.757. The molecule has 0 saturated carbocycles. The molecule has 9 nitrogen and oxygen atoms in total. The number of carbonyl (C=O) groups is 2. The zero-order chi connectivity index (χ0) is 19.2. The fourth-order valence-corrected chi connectivity index (χ4v) is 5.33. The zero-order valence-corrected chi connectivity index (χ0v) is 16.2. The van der Waals surface area contributed by atoms with Crippen molar-refractivity contribution in [2.75, 3.05) is 12.8 Å². The van der Waals surface area contributed by atoms with Crippen LogP contribution in [-0.4, -0.2) is 53.5 Å². The van der Waals surface area contributed by atoms with E-state index in [0.717, 1.165) is 24.2 Å². The van der Waals surface area contributed by atoms with Gasteiger partial charge in [0.05, 0.1) is 51.6 Å². The molecule has 1 aliphatic heterocycles. The number of carbonyl (C=O) groups excluding carboxylic acids is 2. The molecule has 2 aromatic rings. The van der Waals surface area contributed by atoms with Crippen LogP contribution in [0.4, 0.5) is 0 Å². The van der Waals surface area contributed by atoms with Gasteiger partial charge >= 0.3 is 0 Å². The number of amides is 2. The number of aromatic amines is 1. The van der Waals surface area contributed by atoms with E-state index >= 15 is 0 Å². The first-order valence-corrected chi connectivity index (χ1v) is 10.8. The first-order chi connectivity index (χ1) is 12.8. The maximum atomic E-state index is 13.1. The SMILES string of the molecule is CC(=O)N=S(C)(=O)c1cnn2c1CN(C(=O)C1CCc3nc[nH]c3C1)CC2. The van der Waals surface area contributed by atoms with Crippen LogP contribution in [0.25, 0.3) is 0 Å². The highest BCUT2D eigenvalue weighted by atomic mass is 32.2. The monoisotopic (exact) mass is 390 g/mol. The Kier molecular flexibility index (Phi) is 4.37. The Balaban J connectivity index is 1.57. The highest BCUT2D eigenvalue weighted by molar-refractivity contribution is 7.93. The summed E-state index contributed by atoms with van der Waals surface area (Å²) in [5.74, 6) is -0.465. The van der Waals surface area contributed by atoms with Crippen molar-refractivity contribution in [3.05, 3.63) is 29.6 Å². The summed E-state index contributed by atoms with van der Waals surface area (Å²) in [5, 5.41) is 4.27. The number of hydrogen-bond donors (Lipinski definition) is 1. The molecule has 0 bridgehead atoms. The summed E-state index contributed by atoms with van der Waals surface area (Å²) in [7, 11) is -2.87. The Labute approximate surface area is 157 Å². The Morgan fingerprint density at radius 1 is 1.37 bits per heavy atom. The smallest absolute Gasteiger partial charge is 0.250 e. The quantitative estimate of drug-likeness (QED) is 0.813. The molecular formula is C17H22N6O3S. The molecule has 27 heavy (non-hydrogen) atoms. The molecule has 10 heteroatoms. The molecule has 0 fully saturated rings. The van der Waals surface area contributed by atoms with Gasteiger partial charge in [-0.1, -0.05) is 0 Å². The van der Waals surface area contributed by atoms with Crippen LogP contribution >= 0.6 is 0 Å². The largest absolute Gasteiger partial charge is 0.348 e. The number of imidazole rings is 1. The van der Waals surface area contributed by atoms with Gasteiger partial charge in [0.15, 0.2) is 0 Å². The topological polar surface area (TPSA) is 113 Å². The van der Waals surface area contributed by atoms with E-state index in [1.165, 1.54) is 19.4 Å². The summed E-state index contributed by atoms with van der Waals surface area (Å²) in [4.78, 5) is 34.1. The van der Waals surface area contributed by atoms with Crippen molar-refractivity contribution in [2.45, 2.75) is 44.2 Å². The van der Waals surface area contributed by atoms with Crippen LogP contribution in [-0.2, 0) is 45.2 Å². The van der Waals surface area contributed by atoms with E-state index in [1.807, 2.05) is 0 Å². The Bertz CT molecular complexity index is 1030. The molecule has 4 rings (SSSR count). The van der Waals surface area contributed by atoms with Gasteiger partial charge in [-0.25, -0.2) is 9.19 Å². The second-order valence-electron chi connectivity index (χ2n) is 7.12. The van der Waals surface area contributed by atoms with Crippen molar-refractivity contribution in [1.29, 1.82) is 0 Å². The lowest BCUT2D eigenvalue weighted by Crippen LogP contribution is -2.43. The van der Waals surface area contributed by atoms with Gasteiger partial charge in [-0.3, -0.25) is 14.3 Å². The average molecular weight is 390 g/mol. The third-order valence-electron chi connectivity index (χ3n) is 5.19. The molecule has 2 unspecified atom stereocenters. The van der Waals surface area contributed by atoms with E-state index in [4.69, 9.17) is 0 Å². The lowest BCUT2D eigenvalue weighted by atomic mass is 9.88. The molecule has 0 spiro atoms. The number of hydrogen-bond acceptors (Lipinski definition) is 5. The van der Waals surface area contributed by atoms with Gasteiger partial charge in [-0.05, 0) is 12.8 Å². The number of rotatable bonds is 2. The highest BCUT2D eigenvalue weighted by Gasteiger charge is 2.33. The van der Waals surface area contributed by atoms with Crippen molar-refractivity contribution in [3.8, 4) is 0 Å². The summed E-state index contributed by atoms with van der Waals surface area (Å²) in [6.07, 6.45) is 6.88. The average Bonchev–Trinajstić information content (AvgIpc) is 3.25. The summed E-state index contributed by atoms with van der Waals surface area (Å²) >= 11 is 0. The Morgan fingerprint density at radius 2 is 2.19 bits per heavy atom. The van der Waals surface area contributed by atoms with Crippen LogP contribution in [0.3, 0.4) is 0 Å². The van der Waals surface area contributed by atoms with Gasteiger partial charge in [-0.15, -0.1) is 0 Å².